The van der Waals surface area contributed by atoms with Crippen LogP contribution in [0.2, 0.25) is 0 Å². The van der Waals surface area contributed by atoms with Gasteiger partial charge in [0.25, 0.3) is 11.7 Å². The molecule has 1 rings (SSSR count). The van der Waals surface area contributed by atoms with Crippen molar-refractivity contribution in [2.45, 2.75) is 25.8 Å². The normalized spacial score (nSPS) is 12.8. The zero-order chi connectivity index (χ0) is 9.84. The molecular weight excluding hydrogens is 172 g/mol. The van der Waals surface area contributed by atoms with E-state index in [1.165, 1.54) is 0 Å². The summed E-state index contributed by atoms with van der Waals surface area (Å²) in [6.45, 7) is 1.88. The Balaban J connectivity index is 2.54. The number of aryl methyl sites for hydroxylation is 1. The molecule has 0 spiro atoms. The van der Waals surface area contributed by atoms with E-state index in [-0.39, 0.29) is 11.9 Å². The third-order valence-corrected chi connectivity index (χ3v) is 1.50. The summed E-state index contributed by atoms with van der Waals surface area (Å²) in [5.41, 5.74) is 10.5. The molecule has 13 heavy (non-hydrogen) atoms. The van der Waals surface area contributed by atoms with Gasteiger partial charge >= 0.3 is 0 Å². The minimum atomic E-state index is -0.684. The van der Waals surface area contributed by atoms with Gasteiger partial charge in [0.15, 0.2) is 0 Å². The number of carbonyl (C=O) groups excluding carboxylic acids is 1. The quantitative estimate of drug-likeness (QED) is 0.652. The van der Waals surface area contributed by atoms with Crippen molar-refractivity contribution in [3.63, 3.8) is 0 Å². The number of aromatic nitrogens is 2. The van der Waals surface area contributed by atoms with Crippen LogP contribution in [0.25, 0.3) is 0 Å². The molecule has 1 amide bonds. The molecule has 1 aromatic rings. The topological polar surface area (TPSA) is 108 Å². The van der Waals surface area contributed by atoms with Crippen LogP contribution in [0.4, 0.5) is 0 Å². The molecule has 0 saturated heterocycles. The van der Waals surface area contributed by atoms with Crippen LogP contribution >= 0.6 is 0 Å². The summed E-state index contributed by atoms with van der Waals surface area (Å²) in [5.74, 6) is -0.374. The third-order valence-electron chi connectivity index (χ3n) is 1.50. The van der Waals surface area contributed by atoms with Crippen LogP contribution in [0, 0.1) is 0 Å². The zero-order valence-electron chi connectivity index (χ0n) is 7.36. The number of amides is 1. The van der Waals surface area contributed by atoms with Gasteiger partial charge in [0.2, 0.25) is 5.89 Å². The molecule has 0 saturated carbocycles. The molecule has 72 valence electrons. The smallest absolute Gasteiger partial charge is 0.290 e. The van der Waals surface area contributed by atoms with Crippen LogP contribution in [0.5, 0.6) is 0 Å². The van der Waals surface area contributed by atoms with E-state index < -0.39 is 5.91 Å². The third kappa shape index (κ3) is 2.83. The molecule has 4 N–H and O–H groups in total. The highest BCUT2D eigenvalue weighted by Crippen LogP contribution is 2.01. The summed E-state index contributed by atoms with van der Waals surface area (Å²) >= 11 is 0. The van der Waals surface area contributed by atoms with Crippen molar-refractivity contribution >= 4 is 5.91 Å². The average molecular weight is 184 g/mol. The van der Waals surface area contributed by atoms with Gasteiger partial charge in [-0.05, 0) is 13.3 Å². The summed E-state index contributed by atoms with van der Waals surface area (Å²) in [7, 11) is 0. The number of hydrogen-bond acceptors (Lipinski definition) is 5. The van der Waals surface area contributed by atoms with E-state index in [0.29, 0.717) is 12.3 Å². The van der Waals surface area contributed by atoms with Crippen LogP contribution in [0.15, 0.2) is 4.52 Å². The van der Waals surface area contributed by atoms with Gasteiger partial charge in [0.1, 0.15) is 0 Å². The summed E-state index contributed by atoms with van der Waals surface area (Å²) in [5, 5.41) is 3.39. The van der Waals surface area contributed by atoms with E-state index in [9.17, 15) is 4.79 Å². The Morgan fingerprint density at radius 1 is 1.69 bits per heavy atom. The number of rotatable bonds is 4. The van der Waals surface area contributed by atoms with Crippen molar-refractivity contribution in [2.24, 2.45) is 11.5 Å². The highest BCUT2D eigenvalue weighted by molar-refractivity contribution is 5.88. The van der Waals surface area contributed by atoms with E-state index in [1.807, 2.05) is 6.92 Å². The molecule has 0 aliphatic heterocycles. The molecule has 0 radical (unpaired) electrons. The monoisotopic (exact) mass is 184 g/mol. The zero-order valence-corrected chi connectivity index (χ0v) is 7.36. The van der Waals surface area contributed by atoms with Crippen LogP contribution in [0.1, 0.15) is 29.9 Å². The molecule has 0 fully saturated rings. The lowest BCUT2D eigenvalue weighted by molar-refractivity contribution is 0.0987. The predicted molar refractivity (Wildman–Crippen MR) is 44.8 cm³/mol. The Labute approximate surface area is 75.3 Å². The van der Waals surface area contributed by atoms with Gasteiger partial charge < -0.3 is 16.0 Å². The van der Waals surface area contributed by atoms with Gasteiger partial charge in [0.05, 0.1) is 0 Å². The first-order valence-electron chi connectivity index (χ1n) is 3.97. The standard InChI is InChI=1S/C7H12N4O2/c1-4(8)2-3-5-10-7(6(9)12)11-13-5/h4H,2-3,8H2,1H3,(H2,9,12). The fourth-order valence-corrected chi connectivity index (χ4v) is 0.808. The van der Waals surface area contributed by atoms with Gasteiger partial charge in [0, 0.05) is 12.5 Å². The van der Waals surface area contributed by atoms with Crippen molar-refractivity contribution in [2.75, 3.05) is 0 Å². The van der Waals surface area contributed by atoms with Gasteiger partial charge in [-0.1, -0.05) is 5.16 Å². The van der Waals surface area contributed by atoms with E-state index in [2.05, 4.69) is 10.1 Å². The molecule has 1 aromatic heterocycles. The molecule has 1 unspecified atom stereocenters. The van der Waals surface area contributed by atoms with E-state index >= 15 is 0 Å². The second kappa shape index (κ2) is 3.99. The summed E-state index contributed by atoms with van der Waals surface area (Å²) in [4.78, 5) is 14.3. The second-order valence-electron chi connectivity index (χ2n) is 2.89. The van der Waals surface area contributed by atoms with Crippen LogP contribution < -0.4 is 11.5 Å². The number of carbonyl (C=O) groups is 1. The van der Waals surface area contributed by atoms with Crippen LogP contribution in [-0.2, 0) is 6.42 Å². The minimum Gasteiger partial charge on any atom is -0.363 e. The van der Waals surface area contributed by atoms with Gasteiger partial charge in [-0.2, -0.15) is 4.98 Å². The molecule has 0 aliphatic carbocycles. The Kier molecular flexibility index (Phi) is 2.97. The Hall–Kier alpha value is -1.43. The first-order chi connectivity index (χ1) is 6.09. The van der Waals surface area contributed by atoms with E-state index in [1.54, 1.807) is 0 Å². The number of nitrogens with zero attached hydrogens (tertiary/aromatic N) is 2. The van der Waals surface area contributed by atoms with E-state index in [0.717, 1.165) is 6.42 Å². The fraction of sp³-hybridized carbons (Fsp3) is 0.571. The maximum absolute atomic E-state index is 10.6. The number of primary amides is 1. The molecule has 1 atom stereocenters. The van der Waals surface area contributed by atoms with Crippen molar-refractivity contribution < 1.29 is 9.32 Å². The molecule has 0 aromatic carbocycles. The van der Waals surface area contributed by atoms with Gasteiger partial charge in [-0.15, -0.1) is 0 Å². The van der Waals surface area contributed by atoms with Crippen LogP contribution in [-0.4, -0.2) is 22.1 Å². The fourth-order valence-electron chi connectivity index (χ4n) is 0.808. The minimum absolute atomic E-state index is 0.0731. The molecular formula is C7H12N4O2. The Morgan fingerprint density at radius 3 is 2.85 bits per heavy atom. The lowest BCUT2D eigenvalue weighted by atomic mass is 10.2. The lowest BCUT2D eigenvalue weighted by Crippen LogP contribution is -2.15. The van der Waals surface area contributed by atoms with Crippen molar-refractivity contribution in [1.29, 1.82) is 0 Å². The summed E-state index contributed by atoms with van der Waals surface area (Å²) in [6, 6.07) is 0.0731. The van der Waals surface area contributed by atoms with Crippen LogP contribution in [0.3, 0.4) is 0 Å². The second-order valence-corrected chi connectivity index (χ2v) is 2.89. The first kappa shape index (κ1) is 9.66. The van der Waals surface area contributed by atoms with Gasteiger partial charge in [-0.3, -0.25) is 4.79 Å². The largest absolute Gasteiger partial charge is 0.363 e. The van der Waals surface area contributed by atoms with Crippen molar-refractivity contribution in [1.82, 2.24) is 10.1 Å². The molecule has 1 heterocycles. The molecule has 6 heteroatoms. The first-order valence-corrected chi connectivity index (χ1v) is 3.97. The highest BCUT2D eigenvalue weighted by Gasteiger charge is 2.10. The lowest BCUT2D eigenvalue weighted by Gasteiger charge is -1.98. The van der Waals surface area contributed by atoms with E-state index in [4.69, 9.17) is 16.0 Å². The summed E-state index contributed by atoms with van der Waals surface area (Å²) in [6.07, 6.45) is 1.30. The Bertz CT molecular complexity index is 294. The molecule has 0 bridgehead atoms. The Morgan fingerprint density at radius 2 is 2.38 bits per heavy atom. The van der Waals surface area contributed by atoms with Crippen molar-refractivity contribution in [3.8, 4) is 0 Å². The van der Waals surface area contributed by atoms with Gasteiger partial charge in [-0.25, -0.2) is 0 Å². The van der Waals surface area contributed by atoms with Crippen molar-refractivity contribution in [3.05, 3.63) is 11.7 Å². The SMILES string of the molecule is CC(N)CCc1nc(C(N)=O)no1. The average Bonchev–Trinajstić information content (AvgIpc) is 2.48. The maximum atomic E-state index is 10.6. The predicted octanol–water partition coefficient (Wildman–Crippen LogP) is -0.552. The number of hydrogen-bond donors (Lipinski definition) is 2. The highest BCUT2D eigenvalue weighted by atomic mass is 16.5. The maximum Gasteiger partial charge on any atom is 0.290 e. The molecule has 0 aliphatic rings. The summed E-state index contributed by atoms with van der Waals surface area (Å²) < 4.78 is 4.76. The number of nitrogens with two attached hydrogens (primary N) is 2. The molecule has 6 nitrogen and oxygen atoms in total.